The van der Waals surface area contributed by atoms with E-state index >= 15 is 0 Å². The summed E-state index contributed by atoms with van der Waals surface area (Å²) in [5.41, 5.74) is 4.83. The molecule has 23 heavy (non-hydrogen) atoms. The molecule has 4 rings (SSSR count). The standard InChI is InChI=1S/C17H17BrN4O/c1-10-3-6-13(17(19-10)23-2)12-7-8-14-16(15(12)18)20-21-22(14)9-11-4-5-11/h3,6-8,11H,4-5,9H2,1-2H3. The highest BCUT2D eigenvalue weighted by molar-refractivity contribution is 9.10. The van der Waals surface area contributed by atoms with Gasteiger partial charge in [-0.1, -0.05) is 11.3 Å². The van der Waals surface area contributed by atoms with Crippen LogP contribution in [0.3, 0.4) is 0 Å². The van der Waals surface area contributed by atoms with E-state index in [1.165, 1.54) is 12.8 Å². The highest BCUT2D eigenvalue weighted by atomic mass is 79.9. The molecule has 0 saturated heterocycles. The van der Waals surface area contributed by atoms with Gasteiger partial charge in [-0.2, -0.15) is 0 Å². The molecule has 0 atom stereocenters. The van der Waals surface area contributed by atoms with Crippen LogP contribution in [0.5, 0.6) is 5.88 Å². The van der Waals surface area contributed by atoms with E-state index in [1.54, 1.807) is 7.11 Å². The smallest absolute Gasteiger partial charge is 0.221 e. The first-order chi connectivity index (χ1) is 11.2. The number of hydrogen-bond acceptors (Lipinski definition) is 4. The van der Waals surface area contributed by atoms with Crippen LogP contribution in [0.4, 0.5) is 0 Å². The maximum atomic E-state index is 5.44. The number of ether oxygens (including phenoxy) is 1. The maximum Gasteiger partial charge on any atom is 0.221 e. The molecule has 2 heterocycles. The molecule has 0 spiro atoms. The van der Waals surface area contributed by atoms with Crippen LogP contribution in [0.2, 0.25) is 0 Å². The predicted octanol–water partition coefficient (Wildman–Crippen LogP) is 3.98. The van der Waals surface area contributed by atoms with Crippen LogP contribution in [0.15, 0.2) is 28.7 Å². The lowest BCUT2D eigenvalue weighted by Gasteiger charge is -2.10. The van der Waals surface area contributed by atoms with Crippen molar-refractivity contribution < 1.29 is 4.74 Å². The summed E-state index contributed by atoms with van der Waals surface area (Å²) in [7, 11) is 1.64. The molecular weight excluding hydrogens is 356 g/mol. The van der Waals surface area contributed by atoms with Crippen molar-refractivity contribution in [1.29, 1.82) is 0 Å². The van der Waals surface area contributed by atoms with Crippen LogP contribution < -0.4 is 4.74 Å². The molecule has 1 saturated carbocycles. The minimum atomic E-state index is 0.621. The quantitative estimate of drug-likeness (QED) is 0.694. The maximum absolute atomic E-state index is 5.44. The summed E-state index contributed by atoms with van der Waals surface area (Å²) in [5.74, 6) is 1.38. The fraction of sp³-hybridized carbons (Fsp3) is 0.353. The lowest BCUT2D eigenvalue weighted by atomic mass is 10.1. The third-order valence-electron chi connectivity index (χ3n) is 4.24. The van der Waals surface area contributed by atoms with Gasteiger partial charge < -0.3 is 4.74 Å². The molecule has 1 fully saturated rings. The SMILES string of the molecule is COc1nc(C)ccc1-c1ccc2c(nnn2CC2CC2)c1Br. The van der Waals surface area contributed by atoms with Gasteiger partial charge in [0, 0.05) is 23.4 Å². The largest absolute Gasteiger partial charge is 0.481 e. The molecule has 0 N–H and O–H groups in total. The molecule has 2 aromatic heterocycles. The van der Waals surface area contributed by atoms with Crippen molar-refractivity contribution in [3.8, 4) is 17.0 Å². The van der Waals surface area contributed by atoms with Crippen molar-refractivity contribution in [2.24, 2.45) is 5.92 Å². The summed E-state index contributed by atoms with van der Waals surface area (Å²) in [6.45, 7) is 2.91. The molecule has 3 aromatic rings. The van der Waals surface area contributed by atoms with Crippen LogP contribution in [0.25, 0.3) is 22.2 Å². The molecule has 0 amide bonds. The third kappa shape index (κ3) is 2.61. The summed E-state index contributed by atoms with van der Waals surface area (Å²) in [6, 6.07) is 8.17. The Morgan fingerprint density at radius 1 is 1.22 bits per heavy atom. The zero-order chi connectivity index (χ0) is 16.0. The number of benzene rings is 1. The summed E-state index contributed by atoms with van der Waals surface area (Å²) < 4.78 is 8.38. The number of rotatable bonds is 4. The van der Waals surface area contributed by atoms with Crippen LogP contribution >= 0.6 is 15.9 Å². The molecule has 5 nitrogen and oxygen atoms in total. The van der Waals surface area contributed by atoms with Crippen molar-refractivity contribution in [2.45, 2.75) is 26.3 Å². The van der Waals surface area contributed by atoms with E-state index in [9.17, 15) is 0 Å². The van der Waals surface area contributed by atoms with E-state index < -0.39 is 0 Å². The van der Waals surface area contributed by atoms with E-state index in [1.807, 2.05) is 23.7 Å². The van der Waals surface area contributed by atoms with Gasteiger partial charge in [-0.25, -0.2) is 9.67 Å². The van der Waals surface area contributed by atoms with Gasteiger partial charge in [0.05, 0.1) is 17.1 Å². The van der Waals surface area contributed by atoms with Crippen LogP contribution in [-0.2, 0) is 6.54 Å². The van der Waals surface area contributed by atoms with E-state index in [0.717, 1.165) is 44.8 Å². The molecule has 0 bridgehead atoms. The third-order valence-corrected chi connectivity index (χ3v) is 5.04. The summed E-state index contributed by atoms with van der Waals surface area (Å²) in [6.07, 6.45) is 2.60. The second-order valence-corrected chi connectivity index (χ2v) is 6.81. The summed E-state index contributed by atoms with van der Waals surface area (Å²) in [5, 5.41) is 8.68. The Balaban J connectivity index is 1.83. The topological polar surface area (TPSA) is 52.8 Å². The van der Waals surface area contributed by atoms with Gasteiger partial charge in [0.2, 0.25) is 5.88 Å². The lowest BCUT2D eigenvalue weighted by Crippen LogP contribution is -2.01. The van der Waals surface area contributed by atoms with Crippen LogP contribution in [0, 0.1) is 12.8 Å². The predicted molar refractivity (Wildman–Crippen MR) is 92.5 cm³/mol. The van der Waals surface area contributed by atoms with Crippen molar-refractivity contribution in [3.05, 3.63) is 34.4 Å². The summed E-state index contributed by atoms with van der Waals surface area (Å²) >= 11 is 3.70. The van der Waals surface area contributed by atoms with Crippen LogP contribution in [0.1, 0.15) is 18.5 Å². The van der Waals surface area contributed by atoms with Gasteiger partial charge in [-0.15, -0.1) is 5.10 Å². The number of aryl methyl sites for hydroxylation is 1. The lowest BCUT2D eigenvalue weighted by molar-refractivity contribution is 0.398. The molecule has 6 heteroatoms. The zero-order valence-corrected chi connectivity index (χ0v) is 14.7. The van der Waals surface area contributed by atoms with Gasteiger partial charge >= 0.3 is 0 Å². The van der Waals surface area contributed by atoms with E-state index in [4.69, 9.17) is 4.74 Å². The Hall–Kier alpha value is -1.95. The minimum absolute atomic E-state index is 0.621. The number of methoxy groups -OCH3 is 1. The average Bonchev–Trinajstić information content (AvgIpc) is 3.27. The van der Waals surface area contributed by atoms with Crippen molar-refractivity contribution in [2.75, 3.05) is 7.11 Å². The fourth-order valence-corrected chi connectivity index (χ4v) is 3.41. The highest BCUT2D eigenvalue weighted by Gasteiger charge is 2.24. The first-order valence-electron chi connectivity index (χ1n) is 7.71. The Morgan fingerprint density at radius 3 is 2.74 bits per heavy atom. The van der Waals surface area contributed by atoms with Gasteiger partial charge in [0.25, 0.3) is 0 Å². The first kappa shape index (κ1) is 14.6. The Bertz CT molecular complexity index is 886. The Labute approximate surface area is 142 Å². The molecule has 1 aromatic carbocycles. The number of fused-ring (bicyclic) bond motifs is 1. The normalized spacial score (nSPS) is 14.4. The van der Waals surface area contributed by atoms with E-state index in [-0.39, 0.29) is 0 Å². The van der Waals surface area contributed by atoms with Crippen LogP contribution in [-0.4, -0.2) is 27.1 Å². The zero-order valence-electron chi connectivity index (χ0n) is 13.1. The molecular formula is C17H17BrN4O. The number of hydrogen-bond donors (Lipinski definition) is 0. The second kappa shape index (κ2) is 5.60. The summed E-state index contributed by atoms with van der Waals surface area (Å²) in [4.78, 5) is 4.46. The Morgan fingerprint density at radius 2 is 2.00 bits per heavy atom. The average molecular weight is 373 g/mol. The van der Waals surface area contributed by atoms with Crippen molar-refractivity contribution >= 4 is 27.0 Å². The molecule has 1 aliphatic rings. The number of pyridine rings is 1. The number of aromatic nitrogens is 4. The molecule has 0 radical (unpaired) electrons. The van der Waals surface area contributed by atoms with E-state index in [0.29, 0.717) is 5.88 Å². The number of halogens is 1. The molecule has 0 aliphatic heterocycles. The molecule has 118 valence electrons. The van der Waals surface area contributed by atoms with Crippen molar-refractivity contribution in [1.82, 2.24) is 20.0 Å². The van der Waals surface area contributed by atoms with Gasteiger partial charge in [0.1, 0.15) is 5.52 Å². The molecule has 0 unspecified atom stereocenters. The van der Waals surface area contributed by atoms with Crippen molar-refractivity contribution in [3.63, 3.8) is 0 Å². The number of nitrogens with zero attached hydrogens (tertiary/aromatic N) is 4. The molecule has 1 aliphatic carbocycles. The first-order valence-corrected chi connectivity index (χ1v) is 8.50. The highest BCUT2D eigenvalue weighted by Crippen LogP contribution is 2.38. The van der Waals surface area contributed by atoms with E-state index in [2.05, 4.69) is 43.4 Å². The monoisotopic (exact) mass is 372 g/mol. The second-order valence-electron chi connectivity index (χ2n) is 6.02. The van der Waals surface area contributed by atoms with Gasteiger partial charge in [-0.3, -0.25) is 0 Å². The van der Waals surface area contributed by atoms with Gasteiger partial charge in [0.15, 0.2) is 0 Å². The Kier molecular flexibility index (Phi) is 3.56. The van der Waals surface area contributed by atoms with Gasteiger partial charge in [-0.05, 0) is 59.8 Å². The fourth-order valence-electron chi connectivity index (χ4n) is 2.79. The minimum Gasteiger partial charge on any atom is -0.481 e.